The van der Waals surface area contributed by atoms with Crippen LogP contribution in [0.2, 0.25) is 0 Å². The highest BCUT2D eigenvalue weighted by molar-refractivity contribution is 5.10. The maximum Gasteiger partial charge on any atom is 0.120 e. The number of hydrogen-bond acceptors (Lipinski definition) is 2. The summed E-state index contributed by atoms with van der Waals surface area (Å²) in [7, 11) is 0. The SMILES string of the molecule is Cc1nc(CNCC(C)C)[nH]c1C. The van der Waals surface area contributed by atoms with Gasteiger partial charge in [-0.2, -0.15) is 0 Å². The van der Waals surface area contributed by atoms with Gasteiger partial charge in [0.1, 0.15) is 5.82 Å². The molecule has 0 atom stereocenters. The van der Waals surface area contributed by atoms with Gasteiger partial charge in [0.25, 0.3) is 0 Å². The minimum absolute atomic E-state index is 0.692. The molecule has 2 N–H and O–H groups in total. The molecule has 0 aliphatic carbocycles. The van der Waals surface area contributed by atoms with Crippen LogP contribution in [0.15, 0.2) is 0 Å². The van der Waals surface area contributed by atoms with E-state index in [0.29, 0.717) is 5.92 Å². The van der Waals surface area contributed by atoms with E-state index < -0.39 is 0 Å². The largest absolute Gasteiger partial charge is 0.345 e. The molecule has 0 aromatic carbocycles. The minimum atomic E-state index is 0.692. The molecule has 1 aromatic heterocycles. The van der Waals surface area contributed by atoms with Gasteiger partial charge >= 0.3 is 0 Å². The van der Waals surface area contributed by atoms with Crippen LogP contribution >= 0.6 is 0 Å². The van der Waals surface area contributed by atoms with E-state index in [0.717, 1.165) is 24.6 Å². The fourth-order valence-electron chi connectivity index (χ4n) is 1.18. The van der Waals surface area contributed by atoms with Gasteiger partial charge in [0.05, 0.1) is 12.2 Å². The molecule has 3 nitrogen and oxygen atoms in total. The maximum absolute atomic E-state index is 4.39. The van der Waals surface area contributed by atoms with Crippen LogP contribution in [0.5, 0.6) is 0 Å². The van der Waals surface area contributed by atoms with Crippen molar-refractivity contribution in [2.45, 2.75) is 34.2 Å². The molecule has 1 rings (SSSR count). The molecule has 0 unspecified atom stereocenters. The first-order chi connectivity index (χ1) is 6.09. The summed E-state index contributed by atoms with van der Waals surface area (Å²) >= 11 is 0. The van der Waals surface area contributed by atoms with E-state index in [-0.39, 0.29) is 0 Å². The summed E-state index contributed by atoms with van der Waals surface area (Å²) in [5, 5.41) is 3.35. The Hall–Kier alpha value is -0.830. The lowest BCUT2D eigenvalue weighted by molar-refractivity contribution is 0.544. The fraction of sp³-hybridized carbons (Fsp3) is 0.700. The zero-order chi connectivity index (χ0) is 9.84. The van der Waals surface area contributed by atoms with Crippen molar-refractivity contribution in [3.63, 3.8) is 0 Å². The van der Waals surface area contributed by atoms with Crippen molar-refractivity contribution < 1.29 is 0 Å². The summed E-state index contributed by atoms with van der Waals surface area (Å²) in [5.41, 5.74) is 2.27. The topological polar surface area (TPSA) is 40.7 Å². The van der Waals surface area contributed by atoms with Crippen molar-refractivity contribution in [1.82, 2.24) is 15.3 Å². The van der Waals surface area contributed by atoms with Gasteiger partial charge in [-0.05, 0) is 26.3 Å². The highest BCUT2D eigenvalue weighted by Gasteiger charge is 2.01. The van der Waals surface area contributed by atoms with E-state index in [9.17, 15) is 0 Å². The van der Waals surface area contributed by atoms with Gasteiger partial charge in [0, 0.05) is 5.69 Å². The number of hydrogen-bond donors (Lipinski definition) is 2. The second-order valence-corrected chi connectivity index (χ2v) is 3.92. The monoisotopic (exact) mass is 181 g/mol. The molecule has 0 amide bonds. The summed E-state index contributed by atoms with van der Waals surface area (Å²) in [4.78, 5) is 7.63. The highest BCUT2D eigenvalue weighted by atomic mass is 15.0. The van der Waals surface area contributed by atoms with E-state index in [2.05, 4.69) is 29.1 Å². The summed E-state index contributed by atoms with van der Waals surface area (Å²) in [5.74, 6) is 1.73. The quantitative estimate of drug-likeness (QED) is 0.743. The average Bonchev–Trinajstić information content (AvgIpc) is 2.30. The van der Waals surface area contributed by atoms with Crippen LogP contribution in [0.3, 0.4) is 0 Å². The van der Waals surface area contributed by atoms with Crippen molar-refractivity contribution in [3.05, 3.63) is 17.2 Å². The van der Waals surface area contributed by atoms with Gasteiger partial charge < -0.3 is 10.3 Å². The van der Waals surface area contributed by atoms with Crippen molar-refractivity contribution in [1.29, 1.82) is 0 Å². The Morgan fingerprint density at radius 2 is 2.08 bits per heavy atom. The smallest absolute Gasteiger partial charge is 0.120 e. The second-order valence-electron chi connectivity index (χ2n) is 3.92. The molecule has 74 valence electrons. The van der Waals surface area contributed by atoms with E-state index in [4.69, 9.17) is 0 Å². The van der Waals surface area contributed by atoms with Crippen LogP contribution in [-0.2, 0) is 6.54 Å². The van der Waals surface area contributed by atoms with Crippen LogP contribution < -0.4 is 5.32 Å². The maximum atomic E-state index is 4.39. The van der Waals surface area contributed by atoms with Crippen LogP contribution in [-0.4, -0.2) is 16.5 Å². The molecule has 0 aliphatic heterocycles. The molecular weight excluding hydrogens is 162 g/mol. The van der Waals surface area contributed by atoms with Crippen molar-refractivity contribution in [3.8, 4) is 0 Å². The molecule has 3 heteroatoms. The summed E-state index contributed by atoms with van der Waals surface area (Å²) in [6.45, 7) is 10.4. The van der Waals surface area contributed by atoms with Gasteiger partial charge in [-0.15, -0.1) is 0 Å². The zero-order valence-electron chi connectivity index (χ0n) is 8.94. The molecule has 0 aliphatic rings. The Morgan fingerprint density at radius 3 is 2.54 bits per heavy atom. The summed E-state index contributed by atoms with van der Waals surface area (Å²) < 4.78 is 0. The van der Waals surface area contributed by atoms with Gasteiger partial charge in [0.2, 0.25) is 0 Å². The van der Waals surface area contributed by atoms with Crippen molar-refractivity contribution in [2.75, 3.05) is 6.54 Å². The molecule has 0 saturated carbocycles. The van der Waals surface area contributed by atoms with Gasteiger partial charge in [-0.1, -0.05) is 13.8 Å². The number of H-pyrrole nitrogens is 1. The van der Waals surface area contributed by atoms with Crippen LogP contribution in [0.25, 0.3) is 0 Å². The van der Waals surface area contributed by atoms with Crippen molar-refractivity contribution >= 4 is 0 Å². The van der Waals surface area contributed by atoms with Crippen LogP contribution in [0, 0.1) is 19.8 Å². The fourth-order valence-corrected chi connectivity index (χ4v) is 1.18. The first-order valence-electron chi connectivity index (χ1n) is 4.82. The number of aromatic amines is 1. The lowest BCUT2D eigenvalue weighted by Crippen LogP contribution is -2.19. The Labute approximate surface area is 80.0 Å². The number of rotatable bonds is 4. The lowest BCUT2D eigenvalue weighted by atomic mass is 10.2. The molecule has 0 bridgehead atoms. The third kappa shape index (κ3) is 3.19. The van der Waals surface area contributed by atoms with E-state index in [1.807, 2.05) is 13.8 Å². The van der Waals surface area contributed by atoms with Gasteiger partial charge in [0.15, 0.2) is 0 Å². The molecule has 1 heterocycles. The highest BCUT2D eigenvalue weighted by Crippen LogP contribution is 2.02. The molecule has 1 aromatic rings. The number of imidazole rings is 1. The predicted molar refractivity (Wildman–Crippen MR) is 54.6 cm³/mol. The average molecular weight is 181 g/mol. The van der Waals surface area contributed by atoms with E-state index in [1.54, 1.807) is 0 Å². The lowest BCUT2D eigenvalue weighted by Gasteiger charge is -2.04. The molecule has 13 heavy (non-hydrogen) atoms. The second kappa shape index (κ2) is 4.42. The first-order valence-corrected chi connectivity index (χ1v) is 4.82. The number of aromatic nitrogens is 2. The third-order valence-corrected chi connectivity index (χ3v) is 2.02. The van der Waals surface area contributed by atoms with Gasteiger partial charge in [-0.25, -0.2) is 4.98 Å². The predicted octanol–water partition coefficient (Wildman–Crippen LogP) is 1.77. The number of nitrogens with zero attached hydrogens (tertiary/aromatic N) is 1. The summed E-state index contributed by atoms with van der Waals surface area (Å²) in [6, 6.07) is 0. The molecule has 0 radical (unpaired) electrons. The number of nitrogens with one attached hydrogen (secondary N) is 2. The Balaban J connectivity index is 2.37. The number of aryl methyl sites for hydroxylation is 2. The van der Waals surface area contributed by atoms with Crippen LogP contribution in [0.1, 0.15) is 31.1 Å². The van der Waals surface area contributed by atoms with Gasteiger partial charge in [-0.3, -0.25) is 0 Å². The molecule has 0 fully saturated rings. The normalized spacial score (nSPS) is 11.2. The third-order valence-electron chi connectivity index (χ3n) is 2.02. The minimum Gasteiger partial charge on any atom is -0.345 e. The Morgan fingerprint density at radius 1 is 1.38 bits per heavy atom. The zero-order valence-corrected chi connectivity index (χ0v) is 8.94. The van der Waals surface area contributed by atoms with E-state index >= 15 is 0 Å². The first kappa shape index (κ1) is 10.3. The standard InChI is InChI=1S/C10H19N3/c1-7(2)5-11-6-10-12-8(3)9(4)13-10/h7,11H,5-6H2,1-4H3,(H,12,13). The Bertz CT molecular complexity index is 244. The van der Waals surface area contributed by atoms with E-state index in [1.165, 1.54) is 5.69 Å². The molecule has 0 spiro atoms. The van der Waals surface area contributed by atoms with Crippen molar-refractivity contribution in [2.24, 2.45) is 5.92 Å². The Kier molecular flexibility index (Phi) is 3.48. The van der Waals surface area contributed by atoms with Crippen LogP contribution in [0.4, 0.5) is 0 Å². The molecular formula is C10H19N3. The summed E-state index contributed by atoms with van der Waals surface area (Å²) in [6.07, 6.45) is 0. The molecule has 0 saturated heterocycles.